The number of hydrogen-bond donors (Lipinski definition) is 2. The van der Waals surface area contributed by atoms with Crippen molar-refractivity contribution in [1.82, 2.24) is 20.5 Å². The second-order valence-corrected chi connectivity index (χ2v) is 4.29. The van der Waals surface area contributed by atoms with E-state index in [1.165, 1.54) is 25.3 Å². The smallest absolute Gasteiger partial charge is 0.255 e. The van der Waals surface area contributed by atoms with Gasteiger partial charge in [-0.05, 0) is 26.0 Å². The third kappa shape index (κ3) is 2.76. The Kier molecular flexibility index (Phi) is 3.97. The number of ether oxygens (including phenoxy) is 1. The summed E-state index contributed by atoms with van der Waals surface area (Å²) in [5, 5.41) is 9.36. The summed E-state index contributed by atoms with van der Waals surface area (Å²) in [5.41, 5.74) is 0.131. The van der Waals surface area contributed by atoms with Crippen molar-refractivity contribution >= 4 is 5.91 Å². The number of carbonyl (C=O) groups is 1. The van der Waals surface area contributed by atoms with Crippen molar-refractivity contribution in [3.63, 3.8) is 0 Å². The van der Waals surface area contributed by atoms with E-state index in [1.807, 2.05) is 0 Å². The molecule has 0 saturated carbocycles. The number of rotatable bonds is 4. The summed E-state index contributed by atoms with van der Waals surface area (Å²) >= 11 is 0. The summed E-state index contributed by atoms with van der Waals surface area (Å²) in [6.07, 6.45) is 0. The van der Waals surface area contributed by atoms with Gasteiger partial charge in [0.05, 0.1) is 18.7 Å². The summed E-state index contributed by atoms with van der Waals surface area (Å²) < 4.78 is 18.5. The molecule has 7 heteroatoms. The maximum absolute atomic E-state index is 13.5. The van der Waals surface area contributed by atoms with Crippen LogP contribution < -0.4 is 10.1 Å². The fourth-order valence-corrected chi connectivity index (χ4v) is 1.79. The Hall–Kier alpha value is -2.44. The molecule has 2 N–H and O–H groups in total. The zero-order chi connectivity index (χ0) is 14.7. The van der Waals surface area contributed by atoms with Crippen LogP contribution in [-0.2, 0) is 0 Å². The van der Waals surface area contributed by atoms with Crippen LogP contribution in [0.3, 0.4) is 0 Å². The lowest BCUT2D eigenvalue weighted by Gasteiger charge is -2.13. The number of aryl methyl sites for hydroxylation is 1. The van der Waals surface area contributed by atoms with E-state index in [9.17, 15) is 9.18 Å². The van der Waals surface area contributed by atoms with Crippen LogP contribution in [0.15, 0.2) is 18.2 Å². The summed E-state index contributed by atoms with van der Waals surface area (Å²) in [7, 11) is 1.32. The van der Waals surface area contributed by atoms with Crippen LogP contribution in [0, 0.1) is 12.7 Å². The predicted octanol–water partition coefficient (Wildman–Crippen LogP) is 1.75. The van der Waals surface area contributed by atoms with Crippen molar-refractivity contribution < 1.29 is 13.9 Å². The molecule has 2 rings (SSSR count). The first-order valence-electron chi connectivity index (χ1n) is 6.05. The van der Waals surface area contributed by atoms with Gasteiger partial charge < -0.3 is 10.1 Å². The molecule has 0 aliphatic carbocycles. The lowest BCUT2D eigenvalue weighted by molar-refractivity contribution is 0.0934. The van der Waals surface area contributed by atoms with Gasteiger partial charge in [0.25, 0.3) is 5.91 Å². The van der Waals surface area contributed by atoms with Gasteiger partial charge in [-0.2, -0.15) is 5.10 Å². The Bertz CT molecular complexity index is 627. The van der Waals surface area contributed by atoms with Crippen molar-refractivity contribution in [2.24, 2.45) is 0 Å². The lowest BCUT2D eigenvalue weighted by atomic mass is 10.1. The standard InChI is InChI=1S/C13H15FN4O2/c1-7(12-16-8(2)17-18-12)15-13(19)9-5-4-6-10(14)11(9)20-3/h4-7H,1-3H3,(H,15,19)(H,16,17,18). The minimum Gasteiger partial charge on any atom is -0.493 e. The van der Waals surface area contributed by atoms with E-state index in [0.717, 1.165) is 0 Å². The average molecular weight is 278 g/mol. The molecule has 1 aromatic heterocycles. The van der Waals surface area contributed by atoms with Crippen LogP contribution in [-0.4, -0.2) is 28.2 Å². The Labute approximate surface area is 115 Å². The molecule has 0 aliphatic rings. The summed E-state index contributed by atoms with van der Waals surface area (Å²) in [5.74, 6) is 0.0110. The zero-order valence-corrected chi connectivity index (χ0v) is 11.4. The van der Waals surface area contributed by atoms with Crippen LogP contribution in [0.25, 0.3) is 0 Å². The normalized spacial score (nSPS) is 12.0. The van der Waals surface area contributed by atoms with Gasteiger partial charge in [0.15, 0.2) is 17.4 Å². The summed E-state index contributed by atoms with van der Waals surface area (Å²) in [6, 6.07) is 3.78. The maximum atomic E-state index is 13.5. The molecule has 1 atom stereocenters. The monoisotopic (exact) mass is 278 g/mol. The van der Waals surface area contributed by atoms with E-state index in [1.54, 1.807) is 13.8 Å². The molecule has 2 aromatic rings. The lowest BCUT2D eigenvalue weighted by Crippen LogP contribution is -2.28. The minimum absolute atomic E-state index is 0.0802. The van der Waals surface area contributed by atoms with E-state index in [-0.39, 0.29) is 11.3 Å². The summed E-state index contributed by atoms with van der Waals surface area (Å²) in [6.45, 7) is 3.51. The van der Waals surface area contributed by atoms with Crippen LogP contribution >= 0.6 is 0 Å². The van der Waals surface area contributed by atoms with Gasteiger partial charge in [-0.25, -0.2) is 9.37 Å². The number of nitrogens with one attached hydrogen (secondary N) is 2. The van der Waals surface area contributed by atoms with E-state index in [4.69, 9.17) is 4.74 Å². The van der Waals surface area contributed by atoms with Crippen molar-refractivity contribution in [2.45, 2.75) is 19.9 Å². The molecule has 1 unspecified atom stereocenters. The Morgan fingerprint density at radius 2 is 2.25 bits per heavy atom. The van der Waals surface area contributed by atoms with Gasteiger partial charge in [-0.3, -0.25) is 9.89 Å². The molecule has 0 saturated heterocycles. The number of H-pyrrole nitrogens is 1. The van der Waals surface area contributed by atoms with Crippen molar-refractivity contribution in [1.29, 1.82) is 0 Å². The number of amides is 1. The van der Waals surface area contributed by atoms with Gasteiger partial charge in [0.1, 0.15) is 5.82 Å². The van der Waals surface area contributed by atoms with Gasteiger partial charge in [0.2, 0.25) is 0 Å². The molecule has 0 bridgehead atoms. The largest absolute Gasteiger partial charge is 0.493 e. The van der Waals surface area contributed by atoms with E-state index < -0.39 is 17.8 Å². The van der Waals surface area contributed by atoms with Crippen molar-refractivity contribution in [3.8, 4) is 5.75 Å². The second kappa shape index (κ2) is 5.68. The number of halogens is 1. The SMILES string of the molecule is COc1c(F)cccc1C(=O)NC(C)c1n[nH]c(C)n1. The molecule has 1 heterocycles. The Morgan fingerprint density at radius 1 is 1.50 bits per heavy atom. The van der Waals surface area contributed by atoms with E-state index >= 15 is 0 Å². The highest BCUT2D eigenvalue weighted by molar-refractivity contribution is 5.97. The van der Waals surface area contributed by atoms with Crippen LogP contribution in [0.4, 0.5) is 4.39 Å². The molecule has 0 aliphatic heterocycles. The zero-order valence-electron chi connectivity index (χ0n) is 11.4. The number of nitrogens with zero attached hydrogens (tertiary/aromatic N) is 2. The molecule has 1 aromatic carbocycles. The first kappa shape index (κ1) is 14.0. The van der Waals surface area contributed by atoms with E-state index in [0.29, 0.717) is 11.6 Å². The number of para-hydroxylation sites is 1. The molecule has 1 amide bonds. The third-order valence-electron chi connectivity index (χ3n) is 2.77. The molecule has 106 valence electrons. The molecular formula is C13H15FN4O2. The van der Waals surface area contributed by atoms with Crippen LogP contribution in [0.1, 0.15) is 35.0 Å². The molecule has 0 spiro atoms. The van der Waals surface area contributed by atoms with Gasteiger partial charge in [-0.1, -0.05) is 6.07 Å². The predicted molar refractivity (Wildman–Crippen MR) is 70.0 cm³/mol. The highest BCUT2D eigenvalue weighted by Crippen LogP contribution is 2.22. The van der Waals surface area contributed by atoms with Crippen molar-refractivity contribution in [2.75, 3.05) is 7.11 Å². The fourth-order valence-electron chi connectivity index (χ4n) is 1.79. The number of aromatic nitrogens is 3. The third-order valence-corrected chi connectivity index (χ3v) is 2.77. The number of carbonyl (C=O) groups excluding carboxylic acids is 1. The highest BCUT2D eigenvalue weighted by atomic mass is 19.1. The molecule has 6 nitrogen and oxygen atoms in total. The number of methoxy groups -OCH3 is 1. The minimum atomic E-state index is -0.582. The molecule has 20 heavy (non-hydrogen) atoms. The van der Waals surface area contributed by atoms with Gasteiger partial charge in [0, 0.05) is 0 Å². The number of benzene rings is 1. The molecular weight excluding hydrogens is 263 g/mol. The van der Waals surface area contributed by atoms with Gasteiger partial charge in [-0.15, -0.1) is 0 Å². The number of hydrogen-bond acceptors (Lipinski definition) is 4. The number of aromatic amines is 1. The molecule has 0 fully saturated rings. The quantitative estimate of drug-likeness (QED) is 0.893. The fraction of sp³-hybridized carbons (Fsp3) is 0.308. The first-order valence-corrected chi connectivity index (χ1v) is 6.05. The van der Waals surface area contributed by atoms with Gasteiger partial charge >= 0.3 is 0 Å². The maximum Gasteiger partial charge on any atom is 0.255 e. The Balaban J connectivity index is 2.18. The Morgan fingerprint density at radius 3 is 2.85 bits per heavy atom. The average Bonchev–Trinajstić information content (AvgIpc) is 2.85. The second-order valence-electron chi connectivity index (χ2n) is 4.29. The van der Waals surface area contributed by atoms with Crippen molar-refractivity contribution in [3.05, 3.63) is 41.2 Å². The van der Waals surface area contributed by atoms with E-state index in [2.05, 4.69) is 20.5 Å². The van der Waals surface area contributed by atoms with Crippen LogP contribution in [0.5, 0.6) is 5.75 Å². The topological polar surface area (TPSA) is 79.9 Å². The molecule has 0 radical (unpaired) electrons. The van der Waals surface area contributed by atoms with Crippen LogP contribution in [0.2, 0.25) is 0 Å². The highest BCUT2D eigenvalue weighted by Gasteiger charge is 2.19. The summed E-state index contributed by atoms with van der Waals surface area (Å²) in [4.78, 5) is 16.3. The first-order chi connectivity index (χ1) is 9.52.